The first kappa shape index (κ1) is 15.6. The van der Waals surface area contributed by atoms with E-state index in [-0.39, 0.29) is 5.91 Å². The Bertz CT molecular complexity index is 786. The minimum atomic E-state index is -0.0205. The van der Waals surface area contributed by atoms with E-state index in [2.05, 4.69) is 30.9 Å². The van der Waals surface area contributed by atoms with E-state index in [0.29, 0.717) is 18.1 Å². The van der Waals surface area contributed by atoms with Gasteiger partial charge >= 0.3 is 0 Å². The van der Waals surface area contributed by atoms with Crippen molar-refractivity contribution in [1.82, 2.24) is 30.9 Å². The molecule has 1 aromatic carbocycles. The second kappa shape index (κ2) is 7.34. The molecule has 23 heavy (non-hydrogen) atoms. The lowest BCUT2D eigenvalue weighted by Gasteiger charge is -2.05. The molecule has 0 spiro atoms. The third-order valence-electron chi connectivity index (χ3n) is 2.94. The van der Waals surface area contributed by atoms with Crippen LogP contribution in [0.15, 0.2) is 34.0 Å². The van der Waals surface area contributed by atoms with Crippen molar-refractivity contribution in [1.29, 1.82) is 0 Å². The highest BCUT2D eigenvalue weighted by Gasteiger charge is 2.07. The average Bonchev–Trinajstić information content (AvgIpc) is 3.23. The molecule has 7 nitrogen and oxygen atoms in total. The molecule has 0 unspecified atom stereocenters. The van der Waals surface area contributed by atoms with Gasteiger partial charge in [-0.2, -0.15) is 5.21 Å². The molecule has 0 saturated carbocycles. The summed E-state index contributed by atoms with van der Waals surface area (Å²) in [7, 11) is 0. The summed E-state index contributed by atoms with van der Waals surface area (Å²) in [6.07, 6.45) is 0. The number of nitrogens with one attached hydrogen (secondary N) is 2. The van der Waals surface area contributed by atoms with Crippen molar-refractivity contribution in [3.8, 4) is 11.4 Å². The van der Waals surface area contributed by atoms with Gasteiger partial charge in [0.15, 0.2) is 4.34 Å². The van der Waals surface area contributed by atoms with Crippen LogP contribution in [0.1, 0.15) is 11.3 Å². The van der Waals surface area contributed by atoms with Crippen LogP contribution in [0.3, 0.4) is 0 Å². The fourth-order valence-corrected chi connectivity index (χ4v) is 3.56. The van der Waals surface area contributed by atoms with Gasteiger partial charge in [-0.05, 0) is 23.8 Å². The zero-order chi connectivity index (χ0) is 16.1. The van der Waals surface area contributed by atoms with Crippen molar-refractivity contribution in [3.05, 3.63) is 40.9 Å². The minimum absolute atomic E-state index is 0.0205. The van der Waals surface area contributed by atoms with Crippen molar-refractivity contribution < 1.29 is 4.79 Å². The molecule has 0 aliphatic heterocycles. The van der Waals surface area contributed by atoms with Gasteiger partial charge in [-0.15, -0.1) is 21.5 Å². The number of benzene rings is 1. The number of nitrogens with zero attached hydrogens (tertiary/aromatic N) is 4. The van der Waals surface area contributed by atoms with Crippen LogP contribution in [0.5, 0.6) is 0 Å². The van der Waals surface area contributed by atoms with Gasteiger partial charge in [0.1, 0.15) is 0 Å². The topological polar surface area (TPSA) is 96.5 Å². The van der Waals surface area contributed by atoms with E-state index < -0.39 is 0 Å². The van der Waals surface area contributed by atoms with Crippen molar-refractivity contribution in [3.63, 3.8) is 0 Å². The number of hydrogen-bond donors (Lipinski definition) is 2. The first-order valence-electron chi connectivity index (χ1n) is 6.85. The highest BCUT2D eigenvalue weighted by molar-refractivity contribution is 8.01. The molecule has 3 aromatic rings. The largest absolute Gasteiger partial charge is 0.351 e. The molecule has 0 aliphatic carbocycles. The number of carbonyl (C=O) groups excluding carboxylic acids is 1. The zero-order valence-corrected chi connectivity index (χ0v) is 13.9. The van der Waals surface area contributed by atoms with E-state index >= 15 is 0 Å². The number of hydrogen-bond acceptors (Lipinski definition) is 7. The SMILES string of the molecule is Cc1csc(SCC(=O)NCc2cccc(-c3nn[nH]n3)c2)n1. The molecule has 3 rings (SSSR count). The number of carbonyl (C=O) groups is 1. The Hall–Kier alpha value is -2.26. The maximum absolute atomic E-state index is 11.9. The molecule has 0 bridgehead atoms. The van der Waals surface area contributed by atoms with Gasteiger partial charge in [-0.25, -0.2) is 4.98 Å². The highest BCUT2D eigenvalue weighted by atomic mass is 32.2. The summed E-state index contributed by atoms with van der Waals surface area (Å²) in [5.74, 6) is 0.873. The molecule has 2 N–H and O–H groups in total. The molecule has 0 saturated heterocycles. The van der Waals surface area contributed by atoms with Crippen LogP contribution in [0.25, 0.3) is 11.4 Å². The lowest BCUT2D eigenvalue weighted by atomic mass is 10.1. The van der Waals surface area contributed by atoms with Gasteiger partial charge in [0.2, 0.25) is 11.7 Å². The van der Waals surface area contributed by atoms with Gasteiger partial charge in [-0.1, -0.05) is 30.0 Å². The molecule has 118 valence electrons. The Morgan fingerprint density at radius 2 is 2.35 bits per heavy atom. The number of tetrazole rings is 1. The first-order valence-corrected chi connectivity index (χ1v) is 8.71. The van der Waals surface area contributed by atoms with E-state index in [9.17, 15) is 4.79 Å². The second-order valence-electron chi connectivity index (χ2n) is 4.76. The number of rotatable bonds is 6. The number of thiazole rings is 1. The Balaban J connectivity index is 1.52. The molecule has 0 atom stereocenters. The molecule has 9 heteroatoms. The molecule has 2 aromatic heterocycles. The van der Waals surface area contributed by atoms with Crippen LogP contribution in [0, 0.1) is 6.92 Å². The highest BCUT2D eigenvalue weighted by Crippen LogP contribution is 2.22. The number of aromatic nitrogens is 5. The lowest BCUT2D eigenvalue weighted by Crippen LogP contribution is -2.24. The van der Waals surface area contributed by atoms with Crippen molar-refractivity contribution >= 4 is 29.0 Å². The summed E-state index contributed by atoms with van der Waals surface area (Å²) in [6.45, 7) is 2.40. The summed E-state index contributed by atoms with van der Waals surface area (Å²) in [4.78, 5) is 16.2. The summed E-state index contributed by atoms with van der Waals surface area (Å²) >= 11 is 3.00. The first-order chi connectivity index (χ1) is 11.2. The lowest BCUT2D eigenvalue weighted by molar-refractivity contribution is -0.118. The van der Waals surface area contributed by atoms with Crippen LogP contribution in [-0.2, 0) is 11.3 Å². The summed E-state index contributed by atoms with van der Waals surface area (Å²) < 4.78 is 0.914. The van der Waals surface area contributed by atoms with Gasteiger partial charge in [-0.3, -0.25) is 4.79 Å². The number of H-pyrrole nitrogens is 1. The third-order valence-corrected chi connectivity index (χ3v) is 5.08. The smallest absolute Gasteiger partial charge is 0.230 e. The van der Waals surface area contributed by atoms with Crippen LogP contribution < -0.4 is 5.32 Å². The monoisotopic (exact) mass is 346 g/mol. The van der Waals surface area contributed by atoms with E-state index in [1.54, 1.807) is 11.3 Å². The predicted octanol–water partition coefficient (Wildman–Crippen LogP) is 2.04. The molecule has 1 amide bonds. The van der Waals surface area contributed by atoms with Crippen LogP contribution in [0.2, 0.25) is 0 Å². The number of aromatic amines is 1. The second-order valence-corrected chi connectivity index (χ2v) is 6.84. The summed E-state index contributed by atoms with van der Waals surface area (Å²) in [5.41, 5.74) is 2.82. The summed E-state index contributed by atoms with van der Waals surface area (Å²) in [6, 6.07) is 7.68. The Morgan fingerprint density at radius 3 is 3.09 bits per heavy atom. The molecular weight excluding hydrogens is 332 g/mol. The Labute approximate surface area is 140 Å². The fourth-order valence-electron chi connectivity index (χ4n) is 1.88. The van der Waals surface area contributed by atoms with Crippen molar-refractivity contribution in [2.24, 2.45) is 0 Å². The van der Waals surface area contributed by atoms with Crippen molar-refractivity contribution in [2.45, 2.75) is 17.8 Å². The maximum atomic E-state index is 11.9. The van der Waals surface area contributed by atoms with Gasteiger partial charge in [0.25, 0.3) is 0 Å². The Kier molecular flexibility index (Phi) is 4.99. The third kappa shape index (κ3) is 4.36. The Morgan fingerprint density at radius 1 is 1.43 bits per heavy atom. The van der Waals surface area contributed by atoms with E-state index in [4.69, 9.17) is 0 Å². The van der Waals surface area contributed by atoms with Gasteiger partial charge < -0.3 is 5.32 Å². The fraction of sp³-hybridized carbons (Fsp3) is 0.214. The summed E-state index contributed by atoms with van der Waals surface area (Å²) in [5, 5.41) is 18.7. The number of thioether (sulfide) groups is 1. The predicted molar refractivity (Wildman–Crippen MR) is 89.0 cm³/mol. The average molecular weight is 346 g/mol. The molecule has 2 heterocycles. The number of amides is 1. The van der Waals surface area contributed by atoms with Crippen LogP contribution >= 0.6 is 23.1 Å². The minimum Gasteiger partial charge on any atom is -0.351 e. The number of aryl methyl sites for hydroxylation is 1. The van der Waals surface area contributed by atoms with E-state index in [1.807, 2.05) is 36.6 Å². The van der Waals surface area contributed by atoms with Crippen LogP contribution in [-0.4, -0.2) is 37.3 Å². The van der Waals surface area contributed by atoms with Crippen LogP contribution in [0.4, 0.5) is 0 Å². The van der Waals surface area contributed by atoms with E-state index in [1.165, 1.54) is 11.8 Å². The van der Waals surface area contributed by atoms with E-state index in [0.717, 1.165) is 21.2 Å². The quantitative estimate of drug-likeness (QED) is 0.663. The van der Waals surface area contributed by atoms with Gasteiger partial charge in [0, 0.05) is 23.2 Å². The molecule has 0 fully saturated rings. The zero-order valence-electron chi connectivity index (χ0n) is 12.3. The molecular formula is C14H14N6OS2. The molecule has 0 aliphatic rings. The standard InChI is InChI=1S/C14H14N6OS2/c1-9-7-22-14(16-9)23-8-12(21)15-6-10-3-2-4-11(5-10)13-17-19-20-18-13/h2-5,7H,6,8H2,1H3,(H,15,21)(H,17,18,19,20). The normalized spacial score (nSPS) is 10.7. The van der Waals surface area contributed by atoms with Crippen molar-refractivity contribution in [2.75, 3.05) is 5.75 Å². The van der Waals surface area contributed by atoms with Gasteiger partial charge in [0.05, 0.1) is 5.75 Å². The molecule has 0 radical (unpaired) electrons. The maximum Gasteiger partial charge on any atom is 0.230 e.